The maximum Gasteiger partial charge on any atom is 0.230 e. The van der Waals surface area contributed by atoms with Gasteiger partial charge in [0.2, 0.25) is 5.91 Å². The van der Waals surface area contributed by atoms with Crippen LogP contribution >= 0.6 is 34.9 Å². The Balaban J connectivity index is 1.80. The molecule has 0 spiro atoms. The van der Waals surface area contributed by atoms with Gasteiger partial charge in [-0.25, -0.2) is 0 Å². The van der Waals surface area contributed by atoms with E-state index in [0.717, 1.165) is 26.4 Å². The van der Waals surface area contributed by atoms with Crippen LogP contribution in [0.4, 0.5) is 0 Å². The molecule has 0 aliphatic heterocycles. The third-order valence-electron chi connectivity index (χ3n) is 3.25. The summed E-state index contributed by atoms with van der Waals surface area (Å²) in [5, 5.41) is 11.2. The highest BCUT2D eigenvalue weighted by atomic mass is 32.2. The summed E-state index contributed by atoms with van der Waals surface area (Å²) in [5.41, 5.74) is 2.43. The van der Waals surface area contributed by atoms with Gasteiger partial charge in [0.25, 0.3) is 0 Å². The van der Waals surface area contributed by atoms with Crippen molar-refractivity contribution in [1.82, 2.24) is 15.5 Å². The van der Waals surface area contributed by atoms with Crippen molar-refractivity contribution in [2.24, 2.45) is 0 Å². The Morgan fingerprint density at radius 2 is 1.83 bits per heavy atom. The topological polar surface area (TPSA) is 54.9 Å². The van der Waals surface area contributed by atoms with Crippen molar-refractivity contribution in [2.45, 2.75) is 41.9 Å². The van der Waals surface area contributed by atoms with Crippen LogP contribution in [0.2, 0.25) is 0 Å². The molecule has 0 fully saturated rings. The molecule has 0 radical (unpaired) electrons. The summed E-state index contributed by atoms with van der Waals surface area (Å²) in [6.07, 6.45) is 1.03. The normalized spacial score (nSPS) is 12.1. The van der Waals surface area contributed by atoms with Crippen LogP contribution in [0, 0.1) is 0 Å². The molecule has 23 heavy (non-hydrogen) atoms. The van der Waals surface area contributed by atoms with Gasteiger partial charge in [-0.1, -0.05) is 73.0 Å². The van der Waals surface area contributed by atoms with Gasteiger partial charge in [0.1, 0.15) is 0 Å². The first-order valence-corrected chi connectivity index (χ1v) is 10.4. The van der Waals surface area contributed by atoms with Crippen molar-refractivity contribution < 1.29 is 4.79 Å². The predicted molar refractivity (Wildman–Crippen MR) is 99.4 cm³/mol. The molecule has 2 rings (SSSR count). The van der Waals surface area contributed by atoms with E-state index in [1.54, 1.807) is 23.1 Å². The SMILES string of the molecule is CCSc1nnc(SCC(=O)N[C@@H](C)c2ccc(CC)cc2)s1. The molecule has 1 aromatic carbocycles. The van der Waals surface area contributed by atoms with Crippen LogP contribution in [-0.2, 0) is 11.2 Å². The van der Waals surface area contributed by atoms with Crippen LogP contribution in [0.15, 0.2) is 32.9 Å². The third-order valence-corrected chi connectivity index (χ3v) is 6.32. The number of aryl methyl sites for hydroxylation is 1. The van der Waals surface area contributed by atoms with Gasteiger partial charge >= 0.3 is 0 Å². The Labute approximate surface area is 149 Å². The summed E-state index contributed by atoms with van der Waals surface area (Å²) in [5.74, 6) is 1.36. The molecule has 1 N–H and O–H groups in total. The second-order valence-corrected chi connectivity index (χ2v) is 8.65. The lowest BCUT2D eigenvalue weighted by Gasteiger charge is -2.14. The number of hydrogen-bond donors (Lipinski definition) is 1. The van der Waals surface area contributed by atoms with Gasteiger partial charge in [-0.2, -0.15) is 0 Å². The van der Waals surface area contributed by atoms with E-state index >= 15 is 0 Å². The van der Waals surface area contributed by atoms with Crippen molar-refractivity contribution >= 4 is 40.8 Å². The Hall–Kier alpha value is -1.05. The summed E-state index contributed by atoms with van der Waals surface area (Å²) in [4.78, 5) is 12.1. The highest BCUT2D eigenvalue weighted by molar-refractivity contribution is 8.03. The highest BCUT2D eigenvalue weighted by Gasteiger charge is 2.12. The van der Waals surface area contributed by atoms with Crippen LogP contribution in [-0.4, -0.2) is 27.6 Å². The quantitative estimate of drug-likeness (QED) is 0.709. The van der Waals surface area contributed by atoms with Crippen LogP contribution < -0.4 is 5.32 Å². The fraction of sp³-hybridized carbons (Fsp3) is 0.438. The number of carbonyl (C=O) groups is 1. The van der Waals surface area contributed by atoms with E-state index in [4.69, 9.17) is 0 Å². The monoisotopic (exact) mass is 367 g/mol. The first-order valence-electron chi connectivity index (χ1n) is 7.59. The summed E-state index contributed by atoms with van der Waals surface area (Å²) in [6.45, 7) is 6.22. The zero-order chi connectivity index (χ0) is 16.7. The van der Waals surface area contributed by atoms with Gasteiger partial charge < -0.3 is 5.32 Å². The first-order chi connectivity index (χ1) is 11.1. The van der Waals surface area contributed by atoms with Crippen molar-refractivity contribution in [3.63, 3.8) is 0 Å². The van der Waals surface area contributed by atoms with Crippen molar-refractivity contribution in [3.05, 3.63) is 35.4 Å². The standard InChI is InChI=1S/C16H21N3OS3/c1-4-12-6-8-13(9-7-12)11(3)17-14(20)10-22-16-19-18-15(23-16)21-5-2/h6-9,11H,4-5,10H2,1-3H3,(H,17,20)/t11-/m0/s1. The fourth-order valence-corrected chi connectivity index (χ4v) is 4.70. The molecule has 4 nitrogen and oxygen atoms in total. The average molecular weight is 368 g/mol. The number of hydrogen-bond acceptors (Lipinski definition) is 6. The molecule has 0 saturated heterocycles. The number of carbonyl (C=O) groups excluding carboxylic acids is 1. The Morgan fingerprint density at radius 3 is 2.43 bits per heavy atom. The van der Waals surface area contributed by atoms with Crippen molar-refractivity contribution in [1.29, 1.82) is 0 Å². The number of amides is 1. The first kappa shape index (κ1) is 18.3. The number of benzene rings is 1. The van der Waals surface area contributed by atoms with Gasteiger partial charge in [-0.05, 0) is 30.2 Å². The molecule has 0 bridgehead atoms. The van der Waals surface area contributed by atoms with E-state index in [1.165, 1.54) is 17.3 Å². The highest BCUT2D eigenvalue weighted by Crippen LogP contribution is 2.28. The van der Waals surface area contributed by atoms with Gasteiger partial charge in [0.05, 0.1) is 11.8 Å². The molecule has 1 amide bonds. The fourth-order valence-electron chi connectivity index (χ4n) is 1.97. The second-order valence-electron chi connectivity index (χ2n) is 4.94. The Kier molecular flexibility index (Phi) is 7.39. The third kappa shape index (κ3) is 5.82. The van der Waals surface area contributed by atoms with E-state index in [2.05, 4.69) is 53.6 Å². The summed E-state index contributed by atoms with van der Waals surface area (Å²) >= 11 is 4.65. The smallest absolute Gasteiger partial charge is 0.230 e. The van der Waals surface area contributed by atoms with Gasteiger partial charge in [-0.15, -0.1) is 10.2 Å². The van der Waals surface area contributed by atoms with E-state index in [9.17, 15) is 4.79 Å². The van der Waals surface area contributed by atoms with Crippen molar-refractivity contribution in [3.8, 4) is 0 Å². The van der Waals surface area contributed by atoms with Crippen LogP contribution in [0.5, 0.6) is 0 Å². The zero-order valence-electron chi connectivity index (χ0n) is 13.5. The van der Waals surface area contributed by atoms with Gasteiger partial charge in [-0.3, -0.25) is 4.79 Å². The van der Waals surface area contributed by atoms with E-state index in [-0.39, 0.29) is 11.9 Å². The lowest BCUT2D eigenvalue weighted by Crippen LogP contribution is -2.28. The van der Waals surface area contributed by atoms with Crippen LogP contribution in [0.25, 0.3) is 0 Å². The minimum atomic E-state index is 0.00892. The molecular weight excluding hydrogens is 346 g/mol. The molecule has 0 aliphatic carbocycles. The van der Waals surface area contributed by atoms with Crippen molar-refractivity contribution in [2.75, 3.05) is 11.5 Å². The number of nitrogens with zero attached hydrogens (tertiary/aromatic N) is 2. The molecular formula is C16H21N3OS3. The van der Waals surface area contributed by atoms with E-state index < -0.39 is 0 Å². The van der Waals surface area contributed by atoms with Gasteiger partial charge in [0.15, 0.2) is 8.68 Å². The van der Waals surface area contributed by atoms with Crippen LogP contribution in [0.3, 0.4) is 0 Å². The molecule has 0 saturated carbocycles. The zero-order valence-corrected chi connectivity index (χ0v) is 16.0. The minimum Gasteiger partial charge on any atom is -0.349 e. The Morgan fingerprint density at radius 1 is 1.17 bits per heavy atom. The summed E-state index contributed by atoms with van der Waals surface area (Å²) in [6, 6.07) is 8.39. The predicted octanol–water partition coefficient (Wildman–Crippen LogP) is 4.18. The number of rotatable bonds is 8. The molecule has 2 aromatic rings. The molecule has 1 atom stereocenters. The van der Waals surface area contributed by atoms with Crippen LogP contribution in [0.1, 0.15) is 37.9 Å². The molecule has 7 heteroatoms. The maximum atomic E-state index is 12.1. The molecule has 1 aromatic heterocycles. The Bertz CT molecular complexity index is 628. The molecule has 1 heterocycles. The number of nitrogens with one attached hydrogen (secondary N) is 1. The number of thioether (sulfide) groups is 2. The second kappa shape index (κ2) is 9.30. The van der Waals surface area contributed by atoms with E-state index in [0.29, 0.717) is 5.75 Å². The number of aromatic nitrogens is 2. The lowest BCUT2D eigenvalue weighted by atomic mass is 10.1. The lowest BCUT2D eigenvalue weighted by molar-refractivity contribution is -0.119. The van der Waals surface area contributed by atoms with Gasteiger partial charge in [0, 0.05) is 0 Å². The minimum absolute atomic E-state index is 0.00892. The average Bonchev–Trinajstić information content (AvgIpc) is 3.01. The maximum absolute atomic E-state index is 12.1. The summed E-state index contributed by atoms with van der Waals surface area (Å²) < 4.78 is 1.80. The van der Waals surface area contributed by atoms with E-state index in [1.807, 2.05) is 6.92 Å². The molecule has 0 aliphatic rings. The summed E-state index contributed by atoms with van der Waals surface area (Å²) in [7, 11) is 0. The molecule has 0 unspecified atom stereocenters. The largest absolute Gasteiger partial charge is 0.349 e. The molecule has 124 valence electrons.